The van der Waals surface area contributed by atoms with Crippen molar-refractivity contribution in [1.29, 1.82) is 5.26 Å². The van der Waals surface area contributed by atoms with E-state index in [4.69, 9.17) is 16.9 Å². The Morgan fingerprint density at radius 1 is 1.39 bits per heavy atom. The molecule has 0 aliphatic rings. The number of pyridine rings is 1. The third kappa shape index (κ3) is 2.61. The largest absolute Gasteiger partial charge is 0.272 e. The number of nitriles is 1. The van der Waals surface area contributed by atoms with Crippen molar-refractivity contribution in [2.24, 2.45) is 0 Å². The zero-order chi connectivity index (χ0) is 13.2. The first kappa shape index (κ1) is 12.8. The molecule has 0 aliphatic carbocycles. The fourth-order valence-corrected chi connectivity index (χ4v) is 3.52. The standard InChI is InChI=1S/C10H6ClN3O2S2/c11-8-2-1-5-13-10(8)14-18(15,16)9-4-3-7(6-12)17-9/h1-5H,(H,13,14). The van der Waals surface area contributed by atoms with E-state index in [1.165, 1.54) is 24.4 Å². The van der Waals surface area contributed by atoms with Gasteiger partial charge in [0, 0.05) is 6.20 Å². The molecule has 0 fully saturated rings. The molecule has 2 aromatic rings. The van der Waals surface area contributed by atoms with Crippen molar-refractivity contribution in [1.82, 2.24) is 4.98 Å². The highest BCUT2D eigenvalue weighted by Gasteiger charge is 2.18. The molecule has 0 spiro atoms. The number of anilines is 1. The lowest BCUT2D eigenvalue weighted by Crippen LogP contribution is -2.12. The minimum Gasteiger partial charge on any atom is -0.261 e. The quantitative estimate of drug-likeness (QED) is 0.943. The summed E-state index contributed by atoms with van der Waals surface area (Å²) in [5.41, 5.74) is 0. The van der Waals surface area contributed by atoms with Gasteiger partial charge >= 0.3 is 0 Å². The summed E-state index contributed by atoms with van der Waals surface area (Å²) in [6.45, 7) is 0. The summed E-state index contributed by atoms with van der Waals surface area (Å²) in [6.07, 6.45) is 1.43. The highest BCUT2D eigenvalue weighted by molar-refractivity contribution is 7.94. The zero-order valence-corrected chi connectivity index (χ0v) is 11.2. The van der Waals surface area contributed by atoms with E-state index in [1.54, 1.807) is 6.07 Å². The number of hydrogen-bond donors (Lipinski definition) is 1. The molecule has 0 amide bonds. The van der Waals surface area contributed by atoms with Gasteiger partial charge in [0.05, 0.1) is 5.02 Å². The van der Waals surface area contributed by atoms with E-state index >= 15 is 0 Å². The molecule has 0 saturated heterocycles. The monoisotopic (exact) mass is 299 g/mol. The molecule has 0 radical (unpaired) electrons. The Balaban J connectivity index is 2.34. The minimum atomic E-state index is -3.75. The molecular formula is C10H6ClN3O2S2. The summed E-state index contributed by atoms with van der Waals surface area (Å²) in [4.78, 5) is 4.16. The predicted molar refractivity (Wildman–Crippen MR) is 69.1 cm³/mol. The van der Waals surface area contributed by atoms with Gasteiger partial charge in [-0.25, -0.2) is 13.4 Å². The van der Waals surface area contributed by atoms with Crippen LogP contribution in [-0.4, -0.2) is 13.4 Å². The summed E-state index contributed by atoms with van der Waals surface area (Å²) < 4.78 is 26.3. The van der Waals surface area contributed by atoms with E-state index in [1.807, 2.05) is 6.07 Å². The number of aromatic nitrogens is 1. The Hall–Kier alpha value is -1.62. The normalized spacial score (nSPS) is 10.9. The van der Waals surface area contributed by atoms with Gasteiger partial charge in [-0.3, -0.25) is 4.72 Å². The maximum Gasteiger partial charge on any atom is 0.272 e. The van der Waals surface area contributed by atoms with E-state index < -0.39 is 10.0 Å². The molecule has 8 heteroatoms. The molecule has 2 aromatic heterocycles. The van der Waals surface area contributed by atoms with Crippen LogP contribution in [0.3, 0.4) is 0 Å². The van der Waals surface area contributed by atoms with E-state index in [0.29, 0.717) is 4.88 Å². The van der Waals surface area contributed by atoms with E-state index in [2.05, 4.69) is 9.71 Å². The number of nitrogens with zero attached hydrogens (tertiary/aromatic N) is 2. The molecule has 5 nitrogen and oxygen atoms in total. The van der Waals surface area contributed by atoms with E-state index in [9.17, 15) is 8.42 Å². The lowest BCUT2D eigenvalue weighted by Gasteiger charge is -2.06. The fourth-order valence-electron chi connectivity index (χ4n) is 1.16. The van der Waals surface area contributed by atoms with Gasteiger partial charge in [0.15, 0.2) is 5.82 Å². The molecule has 0 unspecified atom stereocenters. The lowest BCUT2D eigenvalue weighted by molar-refractivity contribution is 0.603. The predicted octanol–water partition coefficient (Wildman–Crippen LogP) is 2.47. The molecule has 2 rings (SSSR count). The number of hydrogen-bond acceptors (Lipinski definition) is 5. The van der Waals surface area contributed by atoms with Gasteiger partial charge in [-0.15, -0.1) is 11.3 Å². The first-order valence-corrected chi connectivity index (χ1v) is 7.34. The zero-order valence-electron chi connectivity index (χ0n) is 8.79. The number of halogens is 1. The second-order valence-corrected chi connectivity index (χ2v) is 6.57. The van der Waals surface area contributed by atoms with Gasteiger partial charge < -0.3 is 0 Å². The fraction of sp³-hybridized carbons (Fsp3) is 0. The van der Waals surface area contributed by atoms with Crippen LogP contribution in [-0.2, 0) is 10.0 Å². The molecule has 2 heterocycles. The second kappa shape index (κ2) is 4.94. The van der Waals surface area contributed by atoms with Gasteiger partial charge in [0.1, 0.15) is 15.2 Å². The molecule has 92 valence electrons. The molecule has 0 aromatic carbocycles. The Morgan fingerprint density at radius 3 is 2.78 bits per heavy atom. The molecule has 0 aliphatic heterocycles. The summed E-state index contributed by atoms with van der Waals surface area (Å²) in [5.74, 6) is 0.0612. The van der Waals surface area contributed by atoms with E-state index in [-0.39, 0.29) is 15.0 Å². The summed E-state index contributed by atoms with van der Waals surface area (Å²) >= 11 is 6.69. The average Bonchev–Trinajstić information content (AvgIpc) is 2.81. The third-order valence-electron chi connectivity index (χ3n) is 1.95. The summed E-state index contributed by atoms with van der Waals surface area (Å²) in [7, 11) is -3.75. The molecule has 0 atom stereocenters. The van der Waals surface area contributed by atoms with Gasteiger partial charge in [0.25, 0.3) is 10.0 Å². The van der Waals surface area contributed by atoms with Crippen molar-refractivity contribution in [3.05, 3.63) is 40.4 Å². The van der Waals surface area contributed by atoms with E-state index in [0.717, 1.165) is 11.3 Å². The molecule has 18 heavy (non-hydrogen) atoms. The lowest BCUT2D eigenvalue weighted by atomic mass is 10.5. The van der Waals surface area contributed by atoms with Crippen LogP contribution >= 0.6 is 22.9 Å². The topological polar surface area (TPSA) is 82.8 Å². The minimum absolute atomic E-state index is 0.0424. The van der Waals surface area contributed by atoms with Crippen molar-refractivity contribution < 1.29 is 8.42 Å². The average molecular weight is 300 g/mol. The van der Waals surface area contributed by atoms with Crippen molar-refractivity contribution in [2.45, 2.75) is 4.21 Å². The maximum absolute atomic E-state index is 12.0. The van der Waals surface area contributed by atoms with Gasteiger partial charge in [-0.1, -0.05) is 11.6 Å². The Kier molecular flexibility index (Phi) is 3.52. The first-order valence-electron chi connectivity index (χ1n) is 4.66. The van der Waals surface area contributed by atoms with Crippen LogP contribution in [0.4, 0.5) is 5.82 Å². The Labute approximate surface area is 113 Å². The summed E-state index contributed by atoms with van der Waals surface area (Å²) in [6, 6.07) is 7.81. The van der Waals surface area contributed by atoms with Crippen LogP contribution in [0.1, 0.15) is 4.88 Å². The first-order chi connectivity index (χ1) is 8.53. The highest BCUT2D eigenvalue weighted by atomic mass is 35.5. The maximum atomic E-state index is 12.0. The van der Waals surface area contributed by atoms with Crippen molar-refractivity contribution in [2.75, 3.05) is 4.72 Å². The van der Waals surface area contributed by atoms with Crippen molar-refractivity contribution >= 4 is 38.8 Å². The SMILES string of the molecule is N#Cc1ccc(S(=O)(=O)Nc2ncccc2Cl)s1. The Morgan fingerprint density at radius 2 is 2.17 bits per heavy atom. The number of thiophene rings is 1. The number of nitrogens with one attached hydrogen (secondary N) is 1. The van der Waals surface area contributed by atoms with Crippen LogP contribution in [0, 0.1) is 11.3 Å². The molecule has 1 N–H and O–H groups in total. The van der Waals surface area contributed by atoms with Gasteiger partial charge in [-0.05, 0) is 24.3 Å². The number of sulfonamides is 1. The van der Waals surface area contributed by atoms with Crippen LogP contribution in [0.5, 0.6) is 0 Å². The van der Waals surface area contributed by atoms with Crippen LogP contribution in [0.2, 0.25) is 5.02 Å². The van der Waals surface area contributed by atoms with Crippen molar-refractivity contribution in [3.8, 4) is 6.07 Å². The Bertz CT molecular complexity index is 719. The molecule has 0 saturated carbocycles. The third-order valence-corrected chi connectivity index (χ3v) is 5.07. The van der Waals surface area contributed by atoms with Gasteiger partial charge in [-0.2, -0.15) is 5.26 Å². The van der Waals surface area contributed by atoms with Crippen LogP contribution < -0.4 is 4.72 Å². The van der Waals surface area contributed by atoms with Crippen molar-refractivity contribution in [3.63, 3.8) is 0 Å². The molecular weight excluding hydrogens is 294 g/mol. The van der Waals surface area contributed by atoms with Crippen LogP contribution in [0.25, 0.3) is 0 Å². The van der Waals surface area contributed by atoms with Gasteiger partial charge in [0.2, 0.25) is 0 Å². The summed E-state index contributed by atoms with van der Waals surface area (Å²) in [5, 5.41) is 8.87. The smallest absolute Gasteiger partial charge is 0.261 e. The second-order valence-electron chi connectivity index (χ2n) is 3.17. The number of rotatable bonds is 3. The highest BCUT2D eigenvalue weighted by Crippen LogP contribution is 2.25. The molecule has 0 bridgehead atoms. The van der Waals surface area contributed by atoms with Crippen LogP contribution in [0.15, 0.2) is 34.7 Å².